The van der Waals surface area contributed by atoms with Gasteiger partial charge < -0.3 is 0 Å². The van der Waals surface area contributed by atoms with Crippen LogP contribution in [0.25, 0.3) is 0 Å². The van der Waals surface area contributed by atoms with Crippen LogP contribution in [0.3, 0.4) is 0 Å². The maximum atomic E-state index is 11.6. The molecule has 0 N–H and O–H groups in total. The Kier molecular flexibility index (Phi) is 4.96. The second-order valence-electron chi connectivity index (χ2n) is 5.82. The number of ketones is 1. The number of hydrogen-bond acceptors (Lipinski definition) is 2. The molecule has 0 amide bonds. The molecular weight excluding hydrogens is 226 g/mol. The molecule has 1 fully saturated rings. The Morgan fingerprint density at radius 1 is 1.41 bits per heavy atom. The average Bonchev–Trinajstić information content (AvgIpc) is 2.23. The van der Waals surface area contributed by atoms with E-state index in [1.54, 1.807) is 0 Å². The highest BCUT2D eigenvalue weighted by molar-refractivity contribution is 6.83. The molecule has 2 nitrogen and oxygen atoms in total. The zero-order valence-corrected chi connectivity index (χ0v) is 12.0. The van der Waals surface area contributed by atoms with Crippen LogP contribution in [0.2, 0.25) is 19.6 Å². The van der Waals surface area contributed by atoms with E-state index >= 15 is 0 Å². The molecule has 0 aliphatic heterocycles. The number of hydrogen-bond donors (Lipinski definition) is 0. The van der Waals surface area contributed by atoms with Crippen LogP contribution in [0.5, 0.6) is 0 Å². The lowest BCUT2D eigenvalue weighted by Gasteiger charge is -2.24. The first kappa shape index (κ1) is 14.0. The smallest absolute Gasteiger partial charge is 0.150 e. The third-order valence-corrected chi connectivity index (χ3v) is 3.99. The summed E-state index contributed by atoms with van der Waals surface area (Å²) >= 11 is 0. The first-order valence-corrected chi connectivity index (χ1v) is 9.86. The summed E-state index contributed by atoms with van der Waals surface area (Å²) in [4.78, 5) is 11.6. The van der Waals surface area contributed by atoms with Crippen LogP contribution in [0.4, 0.5) is 0 Å². The van der Waals surface area contributed by atoms with Gasteiger partial charge in [-0.15, -0.1) is 11.5 Å². The standard InChI is InChI=1S/C14H21NOSi/c1-17(2,3)10-5-4-7-12-8-6-9-14(16)13(12)11-15/h12-13H,4,6-9H2,1-3H3. The summed E-state index contributed by atoms with van der Waals surface area (Å²) in [5, 5.41) is 9.02. The maximum absolute atomic E-state index is 11.6. The van der Waals surface area contributed by atoms with Gasteiger partial charge in [0.2, 0.25) is 0 Å². The molecule has 92 valence electrons. The molecule has 1 aliphatic carbocycles. The topological polar surface area (TPSA) is 40.9 Å². The van der Waals surface area contributed by atoms with Gasteiger partial charge in [0, 0.05) is 12.8 Å². The normalized spacial score (nSPS) is 24.7. The third-order valence-electron chi connectivity index (χ3n) is 3.06. The molecule has 0 bridgehead atoms. The Morgan fingerprint density at radius 3 is 2.71 bits per heavy atom. The highest BCUT2D eigenvalue weighted by Crippen LogP contribution is 2.30. The second-order valence-corrected chi connectivity index (χ2v) is 10.6. The van der Waals surface area contributed by atoms with Crippen molar-refractivity contribution < 1.29 is 4.79 Å². The van der Waals surface area contributed by atoms with Crippen LogP contribution >= 0.6 is 0 Å². The van der Waals surface area contributed by atoms with E-state index in [2.05, 4.69) is 37.2 Å². The highest BCUT2D eigenvalue weighted by atomic mass is 28.3. The minimum absolute atomic E-state index is 0.141. The van der Waals surface area contributed by atoms with Gasteiger partial charge in [0.05, 0.1) is 6.07 Å². The summed E-state index contributed by atoms with van der Waals surface area (Å²) in [6, 6.07) is 2.17. The van der Waals surface area contributed by atoms with Crippen LogP contribution in [0, 0.1) is 34.6 Å². The van der Waals surface area contributed by atoms with Crippen LogP contribution in [0.1, 0.15) is 32.1 Å². The zero-order valence-electron chi connectivity index (χ0n) is 11.0. The molecule has 0 aromatic heterocycles. The minimum atomic E-state index is -1.28. The largest absolute Gasteiger partial charge is 0.298 e. The van der Waals surface area contributed by atoms with Gasteiger partial charge in [-0.2, -0.15) is 5.26 Å². The van der Waals surface area contributed by atoms with Crippen molar-refractivity contribution in [3.05, 3.63) is 0 Å². The van der Waals surface area contributed by atoms with Gasteiger partial charge in [-0.05, 0) is 25.2 Å². The molecule has 1 rings (SSSR count). The van der Waals surface area contributed by atoms with Crippen LogP contribution in [0.15, 0.2) is 0 Å². The second kappa shape index (κ2) is 6.03. The first-order chi connectivity index (χ1) is 7.94. The SMILES string of the molecule is C[Si](C)(C)C#CCCC1CCCC(=O)C1C#N. The highest BCUT2D eigenvalue weighted by Gasteiger charge is 2.30. The number of nitrogens with zero attached hydrogens (tertiary/aromatic N) is 1. The quantitative estimate of drug-likeness (QED) is 0.555. The summed E-state index contributed by atoms with van der Waals surface area (Å²) in [7, 11) is -1.28. The van der Waals surface area contributed by atoms with E-state index in [-0.39, 0.29) is 17.6 Å². The number of carbonyl (C=O) groups is 1. The van der Waals surface area contributed by atoms with Crippen LogP contribution < -0.4 is 0 Å². The molecule has 1 saturated carbocycles. The molecule has 1 aliphatic rings. The fraction of sp³-hybridized carbons (Fsp3) is 0.714. The number of nitriles is 1. The van der Waals surface area contributed by atoms with E-state index < -0.39 is 8.07 Å². The Bertz CT molecular complexity index is 378. The summed E-state index contributed by atoms with van der Waals surface area (Å²) in [5.41, 5.74) is 3.33. The molecule has 0 radical (unpaired) electrons. The fourth-order valence-electron chi connectivity index (χ4n) is 2.20. The summed E-state index contributed by atoms with van der Waals surface area (Å²) in [6.45, 7) is 6.67. The maximum Gasteiger partial charge on any atom is 0.150 e. The fourth-order valence-corrected chi connectivity index (χ4v) is 2.85. The summed E-state index contributed by atoms with van der Waals surface area (Å²) in [6.07, 6.45) is 4.29. The lowest BCUT2D eigenvalue weighted by atomic mass is 9.77. The molecular formula is C14H21NOSi. The van der Waals surface area contributed by atoms with Crippen molar-refractivity contribution in [1.29, 1.82) is 5.26 Å². The summed E-state index contributed by atoms with van der Waals surface area (Å²) < 4.78 is 0. The zero-order chi connectivity index (χ0) is 12.9. The monoisotopic (exact) mass is 247 g/mol. The van der Waals surface area contributed by atoms with Gasteiger partial charge >= 0.3 is 0 Å². The Morgan fingerprint density at radius 2 is 2.12 bits per heavy atom. The first-order valence-electron chi connectivity index (χ1n) is 6.36. The van der Waals surface area contributed by atoms with E-state index in [0.29, 0.717) is 6.42 Å². The van der Waals surface area contributed by atoms with Crippen LogP contribution in [-0.2, 0) is 4.79 Å². The molecule has 0 saturated heterocycles. The molecule has 0 aromatic carbocycles. The van der Waals surface area contributed by atoms with Crippen molar-refractivity contribution in [3.63, 3.8) is 0 Å². The van der Waals surface area contributed by atoms with Crippen molar-refractivity contribution in [2.75, 3.05) is 0 Å². The van der Waals surface area contributed by atoms with Crippen molar-refractivity contribution in [3.8, 4) is 17.5 Å². The number of carbonyl (C=O) groups excluding carboxylic acids is 1. The number of rotatable bonds is 2. The van der Waals surface area contributed by atoms with Gasteiger partial charge in [-0.25, -0.2) is 0 Å². The predicted molar refractivity (Wildman–Crippen MR) is 71.8 cm³/mol. The lowest BCUT2D eigenvalue weighted by Crippen LogP contribution is -2.27. The van der Waals surface area contributed by atoms with Gasteiger partial charge in [0.15, 0.2) is 0 Å². The van der Waals surface area contributed by atoms with Crippen LogP contribution in [-0.4, -0.2) is 13.9 Å². The average molecular weight is 247 g/mol. The van der Waals surface area contributed by atoms with Crippen molar-refractivity contribution in [2.45, 2.75) is 51.7 Å². The molecule has 17 heavy (non-hydrogen) atoms. The summed E-state index contributed by atoms with van der Waals surface area (Å²) in [5.74, 6) is 3.25. The Hall–Kier alpha value is -1.06. The van der Waals surface area contributed by atoms with E-state index in [9.17, 15) is 4.79 Å². The van der Waals surface area contributed by atoms with Crippen molar-refractivity contribution in [2.24, 2.45) is 11.8 Å². The lowest BCUT2D eigenvalue weighted by molar-refractivity contribution is -0.124. The van der Waals surface area contributed by atoms with E-state index in [1.165, 1.54) is 0 Å². The van der Waals surface area contributed by atoms with Gasteiger partial charge in [-0.1, -0.05) is 19.6 Å². The molecule has 0 aromatic rings. The van der Waals surface area contributed by atoms with Crippen molar-refractivity contribution >= 4 is 13.9 Å². The molecule has 0 spiro atoms. The molecule has 3 heteroatoms. The van der Waals surface area contributed by atoms with Crippen molar-refractivity contribution in [1.82, 2.24) is 0 Å². The number of Topliss-reactive ketones (excluding diaryl/α,β-unsaturated/α-hetero) is 1. The minimum Gasteiger partial charge on any atom is -0.298 e. The van der Waals surface area contributed by atoms with E-state index in [0.717, 1.165) is 25.7 Å². The van der Waals surface area contributed by atoms with E-state index in [4.69, 9.17) is 5.26 Å². The van der Waals surface area contributed by atoms with Gasteiger partial charge in [0.25, 0.3) is 0 Å². The predicted octanol–water partition coefficient (Wildman–Crippen LogP) is 3.16. The molecule has 2 unspecified atom stereocenters. The van der Waals surface area contributed by atoms with Gasteiger partial charge in [-0.3, -0.25) is 4.79 Å². The Labute approximate surface area is 105 Å². The van der Waals surface area contributed by atoms with Gasteiger partial charge in [0.1, 0.15) is 19.8 Å². The van der Waals surface area contributed by atoms with E-state index in [1.807, 2.05) is 0 Å². The molecule has 0 heterocycles. The molecule has 2 atom stereocenters. The third kappa shape index (κ3) is 4.75. The Balaban J connectivity index is 2.48.